The molecule has 1 aliphatic heterocycles. The van der Waals surface area contributed by atoms with Crippen LogP contribution in [-0.2, 0) is 17.4 Å². The molecule has 2 heterocycles. The Bertz CT molecular complexity index is 1050. The van der Waals surface area contributed by atoms with E-state index in [1.165, 1.54) is 59.7 Å². The van der Waals surface area contributed by atoms with Crippen molar-refractivity contribution < 1.29 is 4.57 Å². The summed E-state index contributed by atoms with van der Waals surface area (Å²) >= 11 is 0. The fourth-order valence-electron chi connectivity index (χ4n) is 6.35. The van der Waals surface area contributed by atoms with Crippen LogP contribution in [0.4, 0.5) is 0 Å². The molecule has 1 heteroatoms. The molecule has 1 aliphatic rings. The van der Waals surface area contributed by atoms with E-state index in [-0.39, 0.29) is 11.0 Å². The van der Waals surface area contributed by atoms with E-state index in [1.807, 2.05) is 0 Å². The summed E-state index contributed by atoms with van der Waals surface area (Å²) in [5, 5.41) is 2.87. The third-order valence-electron chi connectivity index (χ3n) is 8.11. The summed E-state index contributed by atoms with van der Waals surface area (Å²) in [6.45, 7) is 11.9. The van der Waals surface area contributed by atoms with Crippen molar-refractivity contribution in [1.82, 2.24) is 0 Å². The molecule has 1 aromatic heterocycles. The largest absolute Gasteiger partial charge is 0.213 e. The van der Waals surface area contributed by atoms with Gasteiger partial charge in [-0.15, -0.1) is 0 Å². The van der Waals surface area contributed by atoms with Gasteiger partial charge in [-0.05, 0) is 60.6 Å². The minimum absolute atomic E-state index is 0.111. The van der Waals surface area contributed by atoms with Gasteiger partial charge in [0.15, 0.2) is 11.7 Å². The lowest BCUT2D eigenvalue weighted by molar-refractivity contribution is -0.770. The van der Waals surface area contributed by atoms with E-state index in [0.717, 1.165) is 12.8 Å². The van der Waals surface area contributed by atoms with Crippen LogP contribution in [0.15, 0.2) is 54.7 Å². The van der Waals surface area contributed by atoms with E-state index >= 15 is 0 Å². The molecule has 0 saturated carbocycles. The van der Waals surface area contributed by atoms with Gasteiger partial charge in [0.2, 0.25) is 5.69 Å². The lowest BCUT2D eigenvalue weighted by Crippen LogP contribution is -2.69. The first-order valence-electron chi connectivity index (χ1n) is 12.1. The van der Waals surface area contributed by atoms with Crippen molar-refractivity contribution >= 4 is 10.8 Å². The first-order chi connectivity index (χ1) is 14.6. The van der Waals surface area contributed by atoms with Gasteiger partial charge in [0.25, 0.3) is 0 Å². The number of nitrogens with zero attached hydrogens (tertiary/aromatic N) is 1. The molecule has 0 spiro atoms. The van der Waals surface area contributed by atoms with Crippen molar-refractivity contribution in [3.8, 4) is 11.3 Å². The predicted octanol–water partition coefficient (Wildman–Crippen LogP) is 7.72. The summed E-state index contributed by atoms with van der Waals surface area (Å²) in [6, 6.07) is 18.7. The first-order valence-corrected chi connectivity index (χ1v) is 12.1. The number of unbranched alkanes of at least 4 members (excludes halogenated alkanes) is 1. The van der Waals surface area contributed by atoms with E-state index in [4.69, 9.17) is 0 Å². The summed E-state index contributed by atoms with van der Waals surface area (Å²) in [6.07, 6.45) is 10.7. The average molecular weight is 401 g/mol. The zero-order valence-electron chi connectivity index (χ0n) is 19.6. The maximum atomic E-state index is 2.65. The highest BCUT2D eigenvalue weighted by Gasteiger charge is 2.58. The molecule has 0 N–H and O–H groups in total. The van der Waals surface area contributed by atoms with Crippen molar-refractivity contribution in [2.24, 2.45) is 0 Å². The minimum Gasteiger partial charge on any atom is -0.192 e. The fourth-order valence-corrected chi connectivity index (χ4v) is 6.35. The van der Waals surface area contributed by atoms with Crippen LogP contribution >= 0.6 is 0 Å². The zero-order valence-corrected chi connectivity index (χ0v) is 19.6. The van der Waals surface area contributed by atoms with E-state index in [2.05, 4.69) is 93.9 Å². The summed E-state index contributed by atoms with van der Waals surface area (Å²) in [7, 11) is 0. The van der Waals surface area contributed by atoms with Crippen LogP contribution in [0.25, 0.3) is 22.0 Å². The molecule has 0 amide bonds. The highest BCUT2D eigenvalue weighted by atomic mass is 15.1. The topological polar surface area (TPSA) is 3.88 Å². The molecule has 158 valence electrons. The first kappa shape index (κ1) is 21.1. The molecule has 2 atom stereocenters. The Hall–Kier alpha value is -2.15. The third-order valence-corrected chi connectivity index (χ3v) is 8.11. The molecule has 2 unspecified atom stereocenters. The van der Waals surface area contributed by atoms with Gasteiger partial charge in [0, 0.05) is 25.0 Å². The molecule has 1 nitrogen and oxygen atoms in total. The lowest BCUT2D eigenvalue weighted by atomic mass is 9.58. The Kier molecular flexibility index (Phi) is 5.75. The second kappa shape index (κ2) is 8.17. The second-order valence-electron chi connectivity index (χ2n) is 9.38. The normalized spacial score (nSPS) is 22.7. The summed E-state index contributed by atoms with van der Waals surface area (Å²) in [5.41, 5.74) is 6.14. The SMILES string of the molecule is CCCCc1cccc2c3c(ccc12)C(C)(CC)C(CC)(CCC)[n+]1ccccc1-3. The van der Waals surface area contributed by atoms with E-state index in [1.54, 1.807) is 5.56 Å². The van der Waals surface area contributed by atoms with Gasteiger partial charge in [-0.2, -0.15) is 4.57 Å². The van der Waals surface area contributed by atoms with Gasteiger partial charge >= 0.3 is 0 Å². The second-order valence-corrected chi connectivity index (χ2v) is 9.38. The molecular formula is C29H38N+. The Morgan fingerprint density at radius 2 is 1.63 bits per heavy atom. The quantitative estimate of drug-likeness (QED) is 0.357. The maximum Gasteiger partial charge on any atom is 0.213 e. The van der Waals surface area contributed by atoms with E-state index in [0.29, 0.717) is 0 Å². The molecule has 0 aliphatic carbocycles. The molecule has 0 fully saturated rings. The molecule has 3 aromatic rings. The summed E-state index contributed by atoms with van der Waals surface area (Å²) in [5.74, 6) is 0. The van der Waals surface area contributed by atoms with Crippen LogP contribution in [0.5, 0.6) is 0 Å². The minimum atomic E-state index is 0.111. The number of hydrogen-bond acceptors (Lipinski definition) is 0. The third kappa shape index (κ3) is 2.85. The fraction of sp³-hybridized carbons (Fsp3) is 0.483. The Morgan fingerprint density at radius 1 is 0.800 bits per heavy atom. The monoisotopic (exact) mass is 400 g/mol. The Balaban J connectivity index is 2.09. The highest BCUT2D eigenvalue weighted by Crippen LogP contribution is 2.53. The van der Waals surface area contributed by atoms with Crippen molar-refractivity contribution in [3.05, 3.63) is 65.9 Å². The zero-order chi connectivity index (χ0) is 21.4. The van der Waals surface area contributed by atoms with Gasteiger partial charge in [-0.1, -0.05) is 64.4 Å². The van der Waals surface area contributed by atoms with Crippen LogP contribution < -0.4 is 4.57 Å². The van der Waals surface area contributed by atoms with Crippen LogP contribution in [0.2, 0.25) is 0 Å². The van der Waals surface area contributed by atoms with E-state index < -0.39 is 0 Å². The van der Waals surface area contributed by atoms with Gasteiger partial charge < -0.3 is 0 Å². The number of pyridine rings is 1. The number of aromatic nitrogens is 1. The van der Waals surface area contributed by atoms with Gasteiger partial charge in [-0.25, -0.2) is 0 Å². The van der Waals surface area contributed by atoms with Crippen LogP contribution in [-0.4, -0.2) is 0 Å². The smallest absolute Gasteiger partial charge is 0.192 e. The summed E-state index contributed by atoms with van der Waals surface area (Å²) < 4.78 is 2.65. The molecule has 30 heavy (non-hydrogen) atoms. The van der Waals surface area contributed by atoms with Gasteiger partial charge in [-0.3, -0.25) is 0 Å². The highest BCUT2D eigenvalue weighted by molar-refractivity contribution is 5.99. The van der Waals surface area contributed by atoms with Crippen molar-refractivity contribution in [2.75, 3.05) is 0 Å². The Morgan fingerprint density at radius 3 is 2.33 bits per heavy atom. The van der Waals surface area contributed by atoms with Crippen molar-refractivity contribution in [3.63, 3.8) is 0 Å². The van der Waals surface area contributed by atoms with Crippen LogP contribution in [0.1, 0.15) is 84.3 Å². The number of rotatable bonds is 7. The Labute approximate surface area is 183 Å². The molecule has 0 bridgehead atoms. The molecular weight excluding hydrogens is 362 g/mol. The summed E-state index contributed by atoms with van der Waals surface area (Å²) in [4.78, 5) is 0. The van der Waals surface area contributed by atoms with E-state index in [9.17, 15) is 0 Å². The molecule has 2 aromatic carbocycles. The standard InChI is InChI=1S/C29H38N/c1-6-10-14-22-15-13-16-24-23(22)18-19-25-27(24)26-17-11-12-21-30(26)29(9-4,20-7-2)28(25,5)8-3/h11-13,15-19,21H,6-10,14,20H2,1-5H3/q+1. The van der Waals surface area contributed by atoms with Crippen LogP contribution in [0, 0.1) is 0 Å². The van der Waals surface area contributed by atoms with Gasteiger partial charge in [0.05, 0.1) is 11.0 Å². The van der Waals surface area contributed by atoms with Crippen molar-refractivity contribution in [1.29, 1.82) is 0 Å². The number of hydrogen-bond donors (Lipinski definition) is 0. The predicted molar refractivity (Wildman–Crippen MR) is 129 cm³/mol. The number of fused-ring (bicyclic) bond motifs is 5. The average Bonchev–Trinajstić information content (AvgIpc) is 2.79. The number of aryl methyl sites for hydroxylation is 1. The van der Waals surface area contributed by atoms with Gasteiger partial charge in [0.1, 0.15) is 0 Å². The van der Waals surface area contributed by atoms with Crippen molar-refractivity contribution in [2.45, 2.75) is 90.5 Å². The molecule has 0 radical (unpaired) electrons. The molecule has 0 saturated heterocycles. The number of benzene rings is 2. The maximum absolute atomic E-state index is 2.65. The molecule has 4 rings (SSSR count). The lowest BCUT2D eigenvalue weighted by Gasteiger charge is -2.48. The van der Waals surface area contributed by atoms with Crippen LogP contribution in [0.3, 0.4) is 0 Å².